The summed E-state index contributed by atoms with van der Waals surface area (Å²) < 4.78 is 0. The molecule has 0 amide bonds. The molecular formula is C20H18N2O. The second kappa shape index (κ2) is 9.68. The number of hydrogen-bond acceptors (Lipinski definition) is 2. The molecule has 0 radical (unpaired) electrons. The van der Waals surface area contributed by atoms with Crippen LogP contribution in [0.3, 0.4) is 0 Å². The molecule has 3 aromatic carbocycles. The van der Waals surface area contributed by atoms with Crippen molar-refractivity contribution in [3.05, 3.63) is 114 Å². The van der Waals surface area contributed by atoms with Gasteiger partial charge in [0.15, 0.2) is 0 Å². The first kappa shape index (κ1) is 16.2. The van der Waals surface area contributed by atoms with Gasteiger partial charge in [0, 0.05) is 10.8 Å². The Morgan fingerprint density at radius 3 is 1.48 bits per heavy atom. The standard InChI is InChI=1S/C8H6N2O.2C6H6/c11-8-7-4-2-1-3-6(7)5-9-10-8;2*1-2-4-6-5-3-1/h1-5H,(H,10,11);2*1-6H. The molecule has 1 aromatic heterocycles. The number of hydrogen-bond donors (Lipinski definition) is 1. The van der Waals surface area contributed by atoms with Crippen LogP contribution in [-0.2, 0) is 0 Å². The summed E-state index contributed by atoms with van der Waals surface area (Å²) >= 11 is 0. The molecule has 0 unspecified atom stereocenters. The Bertz CT molecular complexity index is 753. The molecule has 0 atom stereocenters. The van der Waals surface area contributed by atoms with Gasteiger partial charge in [-0.1, -0.05) is 91.0 Å². The lowest BCUT2D eigenvalue weighted by Crippen LogP contribution is -2.06. The summed E-state index contributed by atoms with van der Waals surface area (Å²) in [6, 6.07) is 31.3. The van der Waals surface area contributed by atoms with Gasteiger partial charge < -0.3 is 0 Å². The number of fused-ring (bicyclic) bond motifs is 1. The van der Waals surface area contributed by atoms with E-state index in [-0.39, 0.29) is 5.56 Å². The number of aromatic amines is 1. The zero-order valence-electron chi connectivity index (χ0n) is 12.7. The first-order valence-electron chi connectivity index (χ1n) is 7.30. The zero-order valence-corrected chi connectivity index (χ0v) is 12.7. The van der Waals surface area contributed by atoms with E-state index in [9.17, 15) is 4.79 Å². The van der Waals surface area contributed by atoms with Crippen LogP contribution < -0.4 is 5.56 Å². The van der Waals surface area contributed by atoms with Gasteiger partial charge in [-0.2, -0.15) is 5.10 Å². The maximum absolute atomic E-state index is 11.1. The first-order valence-corrected chi connectivity index (χ1v) is 7.30. The van der Waals surface area contributed by atoms with Gasteiger partial charge in [-0.3, -0.25) is 4.79 Å². The highest BCUT2D eigenvalue weighted by Crippen LogP contribution is 2.04. The number of H-pyrrole nitrogens is 1. The van der Waals surface area contributed by atoms with Crippen molar-refractivity contribution >= 4 is 10.8 Å². The Morgan fingerprint density at radius 2 is 1.04 bits per heavy atom. The lowest BCUT2D eigenvalue weighted by molar-refractivity contribution is 1.01. The van der Waals surface area contributed by atoms with E-state index in [0.29, 0.717) is 5.39 Å². The summed E-state index contributed by atoms with van der Waals surface area (Å²) in [4.78, 5) is 11.1. The van der Waals surface area contributed by atoms with Gasteiger partial charge in [-0.25, -0.2) is 5.10 Å². The van der Waals surface area contributed by atoms with Crippen molar-refractivity contribution in [3.8, 4) is 0 Å². The van der Waals surface area contributed by atoms with E-state index >= 15 is 0 Å². The van der Waals surface area contributed by atoms with Crippen molar-refractivity contribution in [2.75, 3.05) is 0 Å². The van der Waals surface area contributed by atoms with Crippen molar-refractivity contribution in [2.24, 2.45) is 0 Å². The minimum atomic E-state index is -0.136. The Kier molecular flexibility index (Phi) is 6.81. The highest BCUT2D eigenvalue weighted by atomic mass is 16.1. The molecule has 0 saturated carbocycles. The van der Waals surface area contributed by atoms with Crippen molar-refractivity contribution in [3.63, 3.8) is 0 Å². The van der Waals surface area contributed by atoms with Crippen LogP contribution in [0, 0.1) is 0 Å². The van der Waals surface area contributed by atoms with Gasteiger partial charge in [-0.05, 0) is 6.07 Å². The molecule has 4 rings (SSSR count). The van der Waals surface area contributed by atoms with E-state index in [1.165, 1.54) is 0 Å². The van der Waals surface area contributed by atoms with Crippen LogP contribution in [0.1, 0.15) is 0 Å². The highest BCUT2D eigenvalue weighted by molar-refractivity contribution is 5.80. The summed E-state index contributed by atoms with van der Waals surface area (Å²) in [6.45, 7) is 0. The van der Waals surface area contributed by atoms with E-state index < -0.39 is 0 Å². The van der Waals surface area contributed by atoms with Crippen molar-refractivity contribution in [1.29, 1.82) is 0 Å². The normalized spacial score (nSPS) is 9.04. The second-order valence-electron chi connectivity index (χ2n) is 4.60. The minimum Gasteiger partial charge on any atom is -0.267 e. The Hall–Kier alpha value is -3.20. The lowest BCUT2D eigenvalue weighted by atomic mass is 10.2. The SMILES string of the molecule is O=c1[nH]ncc2ccccc12.c1ccccc1.c1ccccc1. The maximum atomic E-state index is 11.1. The van der Waals surface area contributed by atoms with Crippen LogP contribution in [0.2, 0.25) is 0 Å². The lowest BCUT2D eigenvalue weighted by Gasteiger charge is -1.91. The summed E-state index contributed by atoms with van der Waals surface area (Å²) in [5, 5.41) is 7.60. The summed E-state index contributed by atoms with van der Waals surface area (Å²) in [6.07, 6.45) is 1.64. The van der Waals surface area contributed by atoms with Crippen LogP contribution in [0.25, 0.3) is 10.8 Å². The van der Waals surface area contributed by atoms with E-state index in [1.807, 2.05) is 91.0 Å². The average Bonchev–Trinajstić information content (AvgIpc) is 2.66. The van der Waals surface area contributed by atoms with Crippen molar-refractivity contribution < 1.29 is 0 Å². The van der Waals surface area contributed by atoms with Crippen LogP contribution in [0.15, 0.2) is 108 Å². The summed E-state index contributed by atoms with van der Waals surface area (Å²) in [7, 11) is 0. The molecule has 3 heteroatoms. The predicted molar refractivity (Wildman–Crippen MR) is 95.2 cm³/mol. The van der Waals surface area contributed by atoms with Crippen LogP contribution in [0.4, 0.5) is 0 Å². The summed E-state index contributed by atoms with van der Waals surface area (Å²) in [5.74, 6) is 0. The monoisotopic (exact) mass is 302 g/mol. The Labute approximate surface area is 135 Å². The Balaban J connectivity index is 0.000000136. The minimum absolute atomic E-state index is 0.136. The fraction of sp³-hybridized carbons (Fsp3) is 0. The molecule has 0 aliphatic heterocycles. The van der Waals surface area contributed by atoms with E-state index in [1.54, 1.807) is 12.3 Å². The average molecular weight is 302 g/mol. The molecule has 0 aliphatic rings. The van der Waals surface area contributed by atoms with Gasteiger partial charge >= 0.3 is 0 Å². The fourth-order valence-corrected chi connectivity index (χ4v) is 1.81. The van der Waals surface area contributed by atoms with Crippen LogP contribution >= 0.6 is 0 Å². The molecule has 0 saturated heterocycles. The number of benzene rings is 3. The molecule has 0 bridgehead atoms. The smallest absolute Gasteiger partial charge is 0.267 e. The van der Waals surface area contributed by atoms with Gasteiger partial charge in [0.05, 0.1) is 6.20 Å². The van der Waals surface area contributed by atoms with E-state index in [0.717, 1.165) is 5.39 Å². The van der Waals surface area contributed by atoms with Crippen LogP contribution in [-0.4, -0.2) is 10.2 Å². The highest BCUT2D eigenvalue weighted by Gasteiger charge is 1.93. The number of nitrogens with zero attached hydrogens (tertiary/aromatic N) is 1. The molecule has 1 heterocycles. The molecule has 114 valence electrons. The molecule has 3 nitrogen and oxygen atoms in total. The Morgan fingerprint density at radius 1 is 0.609 bits per heavy atom. The molecule has 0 spiro atoms. The van der Waals surface area contributed by atoms with E-state index in [2.05, 4.69) is 10.2 Å². The molecule has 0 fully saturated rings. The number of aromatic nitrogens is 2. The summed E-state index contributed by atoms with van der Waals surface area (Å²) in [5.41, 5.74) is -0.136. The fourth-order valence-electron chi connectivity index (χ4n) is 1.81. The first-order chi connectivity index (χ1) is 11.4. The molecule has 23 heavy (non-hydrogen) atoms. The van der Waals surface area contributed by atoms with Gasteiger partial charge in [0.25, 0.3) is 5.56 Å². The molecule has 1 N–H and O–H groups in total. The molecular weight excluding hydrogens is 284 g/mol. The quantitative estimate of drug-likeness (QED) is 0.526. The second-order valence-corrected chi connectivity index (χ2v) is 4.60. The third kappa shape index (κ3) is 5.98. The topological polar surface area (TPSA) is 45.8 Å². The van der Waals surface area contributed by atoms with Gasteiger partial charge in [0.2, 0.25) is 0 Å². The van der Waals surface area contributed by atoms with Gasteiger partial charge in [0.1, 0.15) is 0 Å². The van der Waals surface area contributed by atoms with Crippen molar-refractivity contribution in [2.45, 2.75) is 0 Å². The largest absolute Gasteiger partial charge is 0.272 e. The molecule has 0 aliphatic carbocycles. The maximum Gasteiger partial charge on any atom is 0.272 e. The van der Waals surface area contributed by atoms with E-state index in [4.69, 9.17) is 0 Å². The number of rotatable bonds is 0. The number of nitrogens with one attached hydrogen (secondary N) is 1. The van der Waals surface area contributed by atoms with Crippen LogP contribution in [0.5, 0.6) is 0 Å². The predicted octanol–water partition coefficient (Wildman–Crippen LogP) is 4.30. The third-order valence-electron chi connectivity index (χ3n) is 2.91. The zero-order chi connectivity index (χ0) is 16.2. The van der Waals surface area contributed by atoms with Gasteiger partial charge in [-0.15, -0.1) is 0 Å². The third-order valence-corrected chi connectivity index (χ3v) is 2.91. The molecule has 4 aromatic rings. The van der Waals surface area contributed by atoms with Crippen molar-refractivity contribution in [1.82, 2.24) is 10.2 Å².